The van der Waals surface area contributed by atoms with Crippen molar-refractivity contribution < 1.29 is 9.18 Å². The quantitative estimate of drug-likeness (QED) is 0.652. The molecule has 2 aromatic rings. The molecule has 2 rings (SSSR count). The third-order valence-electron chi connectivity index (χ3n) is 2.29. The van der Waals surface area contributed by atoms with Crippen LogP contribution in [0.5, 0.6) is 0 Å². The summed E-state index contributed by atoms with van der Waals surface area (Å²) in [6, 6.07) is 14.6. The summed E-state index contributed by atoms with van der Waals surface area (Å²) in [4.78, 5) is 11.6. The molecule has 90 valence electrons. The number of benzene rings is 2. The summed E-state index contributed by atoms with van der Waals surface area (Å²) in [6.45, 7) is 0. The van der Waals surface area contributed by atoms with E-state index in [0.717, 1.165) is 0 Å². The average Bonchev–Trinajstić information content (AvgIpc) is 2.42. The van der Waals surface area contributed by atoms with Gasteiger partial charge in [-0.15, -0.1) is 0 Å². The van der Waals surface area contributed by atoms with Crippen molar-refractivity contribution in [3.8, 4) is 0 Å². The van der Waals surface area contributed by atoms with Gasteiger partial charge in [0.1, 0.15) is 5.82 Å². The van der Waals surface area contributed by atoms with Crippen molar-refractivity contribution in [3.05, 3.63) is 71.5 Å². The van der Waals surface area contributed by atoms with Gasteiger partial charge in [0.2, 0.25) is 0 Å². The van der Waals surface area contributed by atoms with Crippen molar-refractivity contribution in [2.24, 2.45) is 5.10 Å². The van der Waals surface area contributed by atoms with E-state index in [1.54, 1.807) is 36.4 Å². The Morgan fingerprint density at radius 2 is 1.72 bits per heavy atom. The van der Waals surface area contributed by atoms with Crippen LogP contribution in [0.15, 0.2) is 59.7 Å². The van der Waals surface area contributed by atoms with Crippen LogP contribution in [0.25, 0.3) is 0 Å². The van der Waals surface area contributed by atoms with E-state index in [4.69, 9.17) is 0 Å². The molecule has 18 heavy (non-hydrogen) atoms. The molecule has 2 aromatic carbocycles. The minimum absolute atomic E-state index is 0.283. The van der Waals surface area contributed by atoms with Crippen molar-refractivity contribution in [1.29, 1.82) is 0 Å². The van der Waals surface area contributed by atoms with Crippen LogP contribution in [-0.4, -0.2) is 12.1 Å². The number of nitrogens with zero attached hydrogens (tertiary/aromatic N) is 1. The van der Waals surface area contributed by atoms with Gasteiger partial charge >= 0.3 is 0 Å². The zero-order valence-corrected chi connectivity index (χ0v) is 9.51. The van der Waals surface area contributed by atoms with E-state index in [1.807, 2.05) is 6.07 Å². The van der Waals surface area contributed by atoms with Gasteiger partial charge in [0.15, 0.2) is 0 Å². The van der Waals surface area contributed by atoms with Crippen molar-refractivity contribution in [3.63, 3.8) is 0 Å². The normalized spacial score (nSPS) is 10.5. The molecule has 3 nitrogen and oxygen atoms in total. The molecular weight excluding hydrogens is 231 g/mol. The number of hydrogen-bond donors (Lipinski definition) is 1. The van der Waals surface area contributed by atoms with Gasteiger partial charge in [-0.2, -0.15) is 5.10 Å². The summed E-state index contributed by atoms with van der Waals surface area (Å²) in [6.07, 6.45) is 1.46. The topological polar surface area (TPSA) is 41.5 Å². The Kier molecular flexibility index (Phi) is 3.81. The monoisotopic (exact) mass is 242 g/mol. The maximum Gasteiger partial charge on any atom is 0.271 e. The SMILES string of the molecule is O=C(N/N=C\c1ccc(F)cc1)c1ccccc1. The molecule has 0 atom stereocenters. The number of carbonyl (C=O) groups is 1. The lowest BCUT2D eigenvalue weighted by Crippen LogP contribution is -2.17. The first-order chi connectivity index (χ1) is 8.75. The second kappa shape index (κ2) is 5.72. The van der Waals surface area contributed by atoms with E-state index in [-0.39, 0.29) is 11.7 Å². The van der Waals surface area contributed by atoms with Crippen LogP contribution in [0, 0.1) is 5.82 Å². The zero-order chi connectivity index (χ0) is 12.8. The molecule has 0 bridgehead atoms. The molecule has 1 N–H and O–H groups in total. The highest BCUT2D eigenvalue weighted by molar-refractivity contribution is 5.94. The van der Waals surface area contributed by atoms with Gasteiger partial charge < -0.3 is 0 Å². The number of amides is 1. The molecule has 0 radical (unpaired) electrons. The lowest BCUT2D eigenvalue weighted by Gasteiger charge is -1.98. The average molecular weight is 242 g/mol. The summed E-state index contributed by atoms with van der Waals surface area (Å²) in [5.41, 5.74) is 3.65. The third-order valence-corrected chi connectivity index (χ3v) is 2.29. The lowest BCUT2D eigenvalue weighted by molar-refractivity contribution is 0.0955. The summed E-state index contributed by atoms with van der Waals surface area (Å²) in [5.74, 6) is -0.588. The van der Waals surface area contributed by atoms with Gasteiger partial charge in [0.05, 0.1) is 6.21 Å². The Balaban J connectivity index is 1.96. The fourth-order valence-electron chi connectivity index (χ4n) is 1.37. The number of rotatable bonds is 3. The molecule has 4 heteroatoms. The molecule has 0 heterocycles. The van der Waals surface area contributed by atoms with Crippen LogP contribution < -0.4 is 5.43 Å². The predicted molar refractivity (Wildman–Crippen MR) is 67.9 cm³/mol. The minimum atomic E-state index is -0.305. The molecule has 0 aromatic heterocycles. The summed E-state index contributed by atoms with van der Waals surface area (Å²) < 4.78 is 12.6. The van der Waals surface area contributed by atoms with Crippen LogP contribution in [-0.2, 0) is 0 Å². The van der Waals surface area contributed by atoms with Crippen LogP contribution in [0.2, 0.25) is 0 Å². The summed E-state index contributed by atoms with van der Waals surface area (Å²) in [5, 5.41) is 3.80. The van der Waals surface area contributed by atoms with E-state index in [9.17, 15) is 9.18 Å². The molecule has 0 unspecified atom stereocenters. The number of nitrogens with one attached hydrogen (secondary N) is 1. The van der Waals surface area contributed by atoms with Gasteiger partial charge in [-0.1, -0.05) is 30.3 Å². The number of hydrogen-bond acceptors (Lipinski definition) is 2. The van der Waals surface area contributed by atoms with Crippen LogP contribution in [0.4, 0.5) is 4.39 Å². The Morgan fingerprint density at radius 1 is 1.06 bits per heavy atom. The second-order valence-electron chi connectivity index (χ2n) is 3.62. The molecule has 0 aliphatic carbocycles. The Morgan fingerprint density at radius 3 is 2.39 bits per heavy atom. The van der Waals surface area contributed by atoms with Crippen molar-refractivity contribution in [2.45, 2.75) is 0 Å². The maximum absolute atomic E-state index is 12.6. The molecule has 1 amide bonds. The molecule has 0 aliphatic heterocycles. The van der Waals surface area contributed by atoms with Gasteiger partial charge in [-0.05, 0) is 29.8 Å². The zero-order valence-electron chi connectivity index (χ0n) is 9.51. The number of hydrazone groups is 1. The summed E-state index contributed by atoms with van der Waals surface area (Å²) >= 11 is 0. The van der Waals surface area contributed by atoms with Crippen molar-refractivity contribution in [1.82, 2.24) is 5.43 Å². The summed E-state index contributed by atoms with van der Waals surface area (Å²) in [7, 11) is 0. The molecule has 0 saturated heterocycles. The van der Waals surface area contributed by atoms with Crippen LogP contribution >= 0.6 is 0 Å². The first-order valence-corrected chi connectivity index (χ1v) is 5.40. The van der Waals surface area contributed by atoms with E-state index in [1.165, 1.54) is 18.3 Å². The van der Waals surface area contributed by atoms with Gasteiger partial charge in [0.25, 0.3) is 5.91 Å². The minimum Gasteiger partial charge on any atom is -0.267 e. The smallest absolute Gasteiger partial charge is 0.267 e. The van der Waals surface area contributed by atoms with Crippen molar-refractivity contribution >= 4 is 12.1 Å². The predicted octanol–water partition coefficient (Wildman–Crippen LogP) is 2.59. The van der Waals surface area contributed by atoms with Gasteiger partial charge in [0, 0.05) is 5.56 Å². The Hall–Kier alpha value is -2.49. The molecule has 0 saturated carbocycles. The third kappa shape index (κ3) is 3.25. The molecule has 0 fully saturated rings. The Labute approximate surface area is 104 Å². The fourth-order valence-corrected chi connectivity index (χ4v) is 1.37. The van der Waals surface area contributed by atoms with E-state index >= 15 is 0 Å². The number of halogens is 1. The van der Waals surface area contributed by atoms with E-state index < -0.39 is 0 Å². The standard InChI is InChI=1S/C14H11FN2O/c15-13-8-6-11(7-9-13)10-16-17-14(18)12-4-2-1-3-5-12/h1-10H,(H,17,18)/b16-10-. The number of carbonyl (C=O) groups excluding carboxylic acids is 1. The van der Waals surface area contributed by atoms with E-state index in [2.05, 4.69) is 10.5 Å². The lowest BCUT2D eigenvalue weighted by atomic mass is 10.2. The molecular formula is C14H11FN2O. The first-order valence-electron chi connectivity index (χ1n) is 5.40. The first kappa shape index (κ1) is 12.0. The largest absolute Gasteiger partial charge is 0.271 e. The van der Waals surface area contributed by atoms with E-state index in [0.29, 0.717) is 11.1 Å². The van der Waals surface area contributed by atoms with Gasteiger partial charge in [-0.25, -0.2) is 9.82 Å². The highest BCUT2D eigenvalue weighted by atomic mass is 19.1. The molecule has 0 aliphatic rings. The van der Waals surface area contributed by atoms with Crippen LogP contribution in [0.3, 0.4) is 0 Å². The second-order valence-corrected chi connectivity index (χ2v) is 3.62. The van der Waals surface area contributed by atoms with Crippen LogP contribution in [0.1, 0.15) is 15.9 Å². The van der Waals surface area contributed by atoms with Crippen molar-refractivity contribution in [2.75, 3.05) is 0 Å². The fraction of sp³-hybridized carbons (Fsp3) is 0. The van der Waals surface area contributed by atoms with Gasteiger partial charge in [-0.3, -0.25) is 4.79 Å². The highest BCUT2D eigenvalue weighted by Crippen LogP contribution is 2.00. The maximum atomic E-state index is 12.6. The highest BCUT2D eigenvalue weighted by Gasteiger charge is 2.01. The Bertz CT molecular complexity index is 550. The molecule has 0 spiro atoms.